The Balaban J connectivity index is 2.06. The van der Waals surface area contributed by atoms with Crippen LogP contribution >= 0.6 is 0 Å². The van der Waals surface area contributed by atoms with Crippen molar-refractivity contribution in [3.8, 4) is 0 Å². The van der Waals surface area contributed by atoms with Gasteiger partial charge in [-0.3, -0.25) is 4.79 Å². The molecular weight excluding hydrogens is 338 g/mol. The Morgan fingerprint density at radius 1 is 1.04 bits per heavy atom. The van der Waals surface area contributed by atoms with Crippen LogP contribution in [0.5, 0.6) is 0 Å². The molecule has 1 amide bonds. The molecule has 126 valence electrons. The molecule has 1 aliphatic heterocycles. The second-order valence-corrected chi connectivity index (χ2v) is 7.19. The number of nitrogens with zero attached hydrogens (tertiary/aromatic N) is 1. The highest BCUT2D eigenvalue weighted by Crippen LogP contribution is 2.30. The van der Waals surface area contributed by atoms with Crippen molar-refractivity contribution < 1.29 is 22.0 Å². The lowest BCUT2D eigenvalue weighted by Gasteiger charge is -2.34. The Morgan fingerprint density at radius 3 is 2.42 bits per heavy atom. The summed E-state index contributed by atoms with van der Waals surface area (Å²) in [5, 5.41) is 2.63. The first-order valence-electron chi connectivity index (χ1n) is 7.21. The normalized spacial score (nSPS) is 19.1. The largest absolute Gasteiger partial charge is 0.353 e. The molecule has 1 unspecified atom stereocenters. The third-order valence-electron chi connectivity index (χ3n) is 3.78. The van der Waals surface area contributed by atoms with E-state index in [2.05, 4.69) is 5.32 Å². The van der Waals surface area contributed by atoms with E-state index in [0.717, 1.165) is 16.4 Å². The monoisotopic (exact) mass is 352 g/mol. The van der Waals surface area contributed by atoms with Crippen molar-refractivity contribution >= 4 is 15.9 Å². The molecule has 0 aromatic heterocycles. The Kier molecular flexibility index (Phi) is 4.33. The van der Waals surface area contributed by atoms with E-state index in [1.54, 1.807) is 30.3 Å². The summed E-state index contributed by atoms with van der Waals surface area (Å²) < 4.78 is 53.2. The van der Waals surface area contributed by atoms with E-state index in [0.29, 0.717) is 11.6 Å². The molecule has 0 aliphatic carbocycles. The summed E-state index contributed by atoms with van der Waals surface area (Å²) in [4.78, 5) is 11.9. The molecule has 1 heterocycles. The number of carbonyl (C=O) groups excluding carboxylic acids is 1. The first-order valence-corrected chi connectivity index (χ1v) is 8.65. The number of hydrogen-bond donors (Lipinski definition) is 1. The number of nitrogens with one attached hydrogen (secondary N) is 1. The Morgan fingerprint density at radius 2 is 1.75 bits per heavy atom. The van der Waals surface area contributed by atoms with Gasteiger partial charge in [-0.1, -0.05) is 30.3 Å². The van der Waals surface area contributed by atoms with Gasteiger partial charge in [0.2, 0.25) is 15.9 Å². The van der Waals surface area contributed by atoms with Crippen LogP contribution in [0, 0.1) is 11.6 Å². The Hall–Kier alpha value is -2.32. The molecule has 1 saturated heterocycles. The zero-order valence-corrected chi connectivity index (χ0v) is 13.3. The van der Waals surface area contributed by atoms with Crippen LogP contribution in [0.3, 0.4) is 0 Å². The Labute approximate surface area is 138 Å². The maximum atomic E-state index is 13.4. The minimum Gasteiger partial charge on any atom is -0.353 e. The van der Waals surface area contributed by atoms with E-state index in [9.17, 15) is 22.0 Å². The summed E-state index contributed by atoms with van der Waals surface area (Å²) in [5.74, 6) is -2.85. The minimum atomic E-state index is -4.17. The predicted octanol–water partition coefficient (Wildman–Crippen LogP) is 1.83. The van der Waals surface area contributed by atoms with Gasteiger partial charge in [0.05, 0.1) is 4.90 Å². The second-order valence-electron chi connectivity index (χ2n) is 5.30. The third-order valence-corrected chi connectivity index (χ3v) is 5.64. The summed E-state index contributed by atoms with van der Waals surface area (Å²) in [6.07, 6.45) is 0. The van der Waals surface area contributed by atoms with Crippen LogP contribution in [-0.2, 0) is 14.8 Å². The van der Waals surface area contributed by atoms with Gasteiger partial charge >= 0.3 is 0 Å². The molecule has 8 heteroatoms. The van der Waals surface area contributed by atoms with Crippen LogP contribution < -0.4 is 5.32 Å². The van der Waals surface area contributed by atoms with Crippen molar-refractivity contribution in [1.82, 2.24) is 9.62 Å². The molecule has 3 rings (SSSR count). The molecule has 24 heavy (non-hydrogen) atoms. The van der Waals surface area contributed by atoms with Crippen LogP contribution in [0.1, 0.15) is 11.6 Å². The van der Waals surface area contributed by atoms with E-state index in [-0.39, 0.29) is 13.1 Å². The average molecular weight is 352 g/mol. The summed E-state index contributed by atoms with van der Waals surface area (Å²) in [6, 6.07) is 9.73. The van der Waals surface area contributed by atoms with Crippen molar-refractivity contribution in [1.29, 1.82) is 0 Å². The molecular formula is C16H14F2N2O3S. The number of carbonyl (C=O) groups is 1. The first-order chi connectivity index (χ1) is 11.4. The van der Waals surface area contributed by atoms with E-state index >= 15 is 0 Å². The van der Waals surface area contributed by atoms with Crippen LogP contribution in [-0.4, -0.2) is 31.7 Å². The number of amides is 1. The molecule has 1 fully saturated rings. The average Bonchev–Trinajstić information content (AvgIpc) is 2.57. The van der Waals surface area contributed by atoms with Gasteiger partial charge in [0.1, 0.15) is 6.04 Å². The number of benzene rings is 2. The quantitative estimate of drug-likeness (QED) is 0.916. The first kappa shape index (κ1) is 16.5. The summed E-state index contributed by atoms with van der Waals surface area (Å²) in [7, 11) is -4.17. The molecule has 2 aromatic carbocycles. The molecule has 5 nitrogen and oxygen atoms in total. The molecule has 1 N–H and O–H groups in total. The van der Waals surface area contributed by atoms with Crippen LogP contribution in [0.2, 0.25) is 0 Å². The topological polar surface area (TPSA) is 66.5 Å². The number of hydrogen-bond acceptors (Lipinski definition) is 3. The maximum Gasteiger partial charge on any atom is 0.244 e. The van der Waals surface area contributed by atoms with Gasteiger partial charge in [-0.2, -0.15) is 4.31 Å². The van der Waals surface area contributed by atoms with Crippen LogP contribution in [0.4, 0.5) is 8.78 Å². The SMILES string of the molecule is O=C1NCCN(S(=O)(=O)c2ccc(F)c(F)c2)C1c1ccccc1. The standard InChI is InChI=1S/C16H14F2N2O3S/c17-13-7-6-12(10-14(13)18)24(22,23)20-9-8-19-16(21)15(20)11-4-2-1-3-5-11/h1-7,10,15H,8-9H2,(H,19,21). The lowest BCUT2D eigenvalue weighted by Crippen LogP contribution is -2.52. The van der Waals surface area contributed by atoms with Gasteiger partial charge < -0.3 is 5.32 Å². The predicted molar refractivity (Wildman–Crippen MR) is 82.4 cm³/mol. The van der Waals surface area contributed by atoms with Crippen molar-refractivity contribution in [2.24, 2.45) is 0 Å². The number of rotatable bonds is 3. The zero-order chi connectivity index (χ0) is 17.3. The fourth-order valence-corrected chi connectivity index (χ4v) is 4.22. The van der Waals surface area contributed by atoms with Crippen molar-refractivity contribution in [2.75, 3.05) is 13.1 Å². The lowest BCUT2D eigenvalue weighted by atomic mass is 10.1. The number of halogens is 2. The summed E-state index contributed by atoms with van der Waals surface area (Å²) in [5.41, 5.74) is 0.501. The van der Waals surface area contributed by atoms with Gasteiger partial charge in [0.25, 0.3) is 0 Å². The molecule has 1 aliphatic rings. The molecule has 0 saturated carbocycles. The smallest absolute Gasteiger partial charge is 0.244 e. The lowest BCUT2D eigenvalue weighted by molar-refractivity contribution is -0.126. The fourth-order valence-electron chi connectivity index (χ4n) is 2.63. The zero-order valence-electron chi connectivity index (χ0n) is 12.4. The molecule has 0 bridgehead atoms. The van der Waals surface area contributed by atoms with Crippen LogP contribution in [0.15, 0.2) is 53.4 Å². The Bertz CT molecular complexity index is 872. The van der Waals surface area contributed by atoms with E-state index in [4.69, 9.17) is 0 Å². The van der Waals surface area contributed by atoms with Crippen molar-refractivity contribution in [2.45, 2.75) is 10.9 Å². The van der Waals surface area contributed by atoms with E-state index < -0.39 is 38.5 Å². The van der Waals surface area contributed by atoms with E-state index in [1.165, 1.54) is 0 Å². The summed E-state index contributed by atoms with van der Waals surface area (Å²) >= 11 is 0. The van der Waals surface area contributed by atoms with Gasteiger partial charge in [-0.25, -0.2) is 17.2 Å². The highest BCUT2D eigenvalue weighted by Gasteiger charge is 2.39. The second kappa shape index (κ2) is 6.29. The van der Waals surface area contributed by atoms with Gasteiger partial charge in [0, 0.05) is 13.1 Å². The molecule has 0 spiro atoms. The van der Waals surface area contributed by atoms with E-state index in [1.807, 2.05) is 0 Å². The fraction of sp³-hybridized carbons (Fsp3) is 0.188. The highest BCUT2D eigenvalue weighted by atomic mass is 32.2. The van der Waals surface area contributed by atoms with Crippen LogP contribution in [0.25, 0.3) is 0 Å². The molecule has 2 aromatic rings. The number of sulfonamides is 1. The highest BCUT2D eigenvalue weighted by molar-refractivity contribution is 7.89. The minimum absolute atomic E-state index is 0.0344. The van der Waals surface area contributed by atoms with Gasteiger partial charge in [-0.15, -0.1) is 0 Å². The van der Waals surface area contributed by atoms with Crippen molar-refractivity contribution in [3.63, 3.8) is 0 Å². The van der Waals surface area contributed by atoms with Crippen molar-refractivity contribution in [3.05, 3.63) is 65.7 Å². The molecule has 0 radical (unpaired) electrons. The molecule has 1 atom stereocenters. The maximum absolute atomic E-state index is 13.4. The van der Waals surface area contributed by atoms with Gasteiger partial charge in [-0.05, 0) is 23.8 Å². The third kappa shape index (κ3) is 2.90. The van der Waals surface area contributed by atoms with Gasteiger partial charge in [0.15, 0.2) is 11.6 Å². The number of piperazine rings is 1. The summed E-state index contributed by atoms with van der Waals surface area (Å²) in [6.45, 7) is 0.178.